The molecule has 0 spiro atoms. The number of nitrogens with zero attached hydrogens (tertiary/aromatic N) is 3. The number of carbonyl (C=O) groups excluding carboxylic acids is 1. The molecular formula is C27H30N4O2. The summed E-state index contributed by atoms with van der Waals surface area (Å²) in [4.78, 5) is 20.5. The number of hydrogen-bond acceptors (Lipinski definition) is 5. The van der Waals surface area contributed by atoms with Gasteiger partial charge in [0.25, 0.3) is 5.91 Å². The summed E-state index contributed by atoms with van der Waals surface area (Å²) < 4.78 is 0. The van der Waals surface area contributed by atoms with Gasteiger partial charge in [0.15, 0.2) is 0 Å². The van der Waals surface area contributed by atoms with E-state index in [4.69, 9.17) is 0 Å². The molecule has 1 aromatic heterocycles. The van der Waals surface area contributed by atoms with Crippen molar-refractivity contribution in [2.75, 3.05) is 32.6 Å². The summed E-state index contributed by atoms with van der Waals surface area (Å²) in [6.45, 7) is 2.00. The van der Waals surface area contributed by atoms with Crippen LogP contribution in [-0.4, -0.2) is 59.1 Å². The quantitative estimate of drug-likeness (QED) is 0.629. The maximum atomic E-state index is 12.2. The number of hydrogen-bond donors (Lipinski definition) is 2. The lowest BCUT2D eigenvalue weighted by Gasteiger charge is -2.39. The molecular weight excluding hydrogens is 412 g/mol. The zero-order valence-electron chi connectivity index (χ0n) is 19.1. The average Bonchev–Trinajstić information content (AvgIpc) is 3.27. The number of anilines is 1. The van der Waals surface area contributed by atoms with E-state index in [1.807, 2.05) is 36.7 Å². The Morgan fingerprint density at radius 2 is 1.82 bits per heavy atom. The third-order valence-electron chi connectivity index (χ3n) is 6.98. The lowest BCUT2D eigenvalue weighted by molar-refractivity contribution is 0.0827. The molecule has 2 aliphatic rings. The second-order valence-electron chi connectivity index (χ2n) is 9.24. The van der Waals surface area contributed by atoms with Gasteiger partial charge in [0.2, 0.25) is 0 Å². The highest BCUT2D eigenvalue weighted by molar-refractivity contribution is 5.94. The summed E-state index contributed by atoms with van der Waals surface area (Å²) in [5.41, 5.74) is 6.54. The molecule has 0 radical (unpaired) electrons. The van der Waals surface area contributed by atoms with Gasteiger partial charge in [-0.15, -0.1) is 0 Å². The monoisotopic (exact) mass is 442 g/mol. The molecule has 33 heavy (non-hydrogen) atoms. The number of aliphatic hydroxyl groups is 1. The third-order valence-corrected chi connectivity index (χ3v) is 6.98. The van der Waals surface area contributed by atoms with E-state index < -0.39 is 0 Å². The van der Waals surface area contributed by atoms with E-state index in [0.29, 0.717) is 11.5 Å². The first kappa shape index (κ1) is 21.6. The maximum Gasteiger partial charge on any atom is 0.253 e. The lowest BCUT2D eigenvalue weighted by Crippen LogP contribution is -2.41. The fraction of sp³-hybridized carbons (Fsp3) is 0.333. The van der Waals surface area contributed by atoms with Crippen molar-refractivity contribution in [2.24, 2.45) is 5.92 Å². The first-order valence-electron chi connectivity index (χ1n) is 11.5. The zero-order valence-corrected chi connectivity index (χ0v) is 19.1. The summed E-state index contributed by atoms with van der Waals surface area (Å²) in [5.74, 6) is 0.367. The van der Waals surface area contributed by atoms with Crippen molar-refractivity contribution in [1.29, 1.82) is 0 Å². The number of aliphatic hydroxyl groups excluding tert-OH is 1. The predicted molar refractivity (Wildman–Crippen MR) is 130 cm³/mol. The topological polar surface area (TPSA) is 68.7 Å². The Morgan fingerprint density at radius 1 is 1.09 bits per heavy atom. The minimum Gasteiger partial charge on any atom is -0.394 e. The number of likely N-dealkylation sites (tertiary alicyclic amines) is 1. The molecule has 0 saturated carbocycles. The Hall–Kier alpha value is -3.22. The second-order valence-corrected chi connectivity index (χ2v) is 9.24. The molecule has 6 heteroatoms. The van der Waals surface area contributed by atoms with Crippen LogP contribution in [0.5, 0.6) is 0 Å². The molecule has 0 bridgehead atoms. The summed E-state index contributed by atoms with van der Waals surface area (Å²) in [6, 6.07) is 18.8. The summed E-state index contributed by atoms with van der Waals surface area (Å²) >= 11 is 0. The minimum absolute atomic E-state index is 0.00628. The van der Waals surface area contributed by atoms with Crippen molar-refractivity contribution in [2.45, 2.75) is 25.0 Å². The number of carbonyl (C=O) groups is 1. The van der Waals surface area contributed by atoms with Crippen LogP contribution in [0.3, 0.4) is 0 Å². The van der Waals surface area contributed by atoms with Gasteiger partial charge in [-0.05, 0) is 71.6 Å². The molecule has 1 amide bonds. The number of benzene rings is 2. The van der Waals surface area contributed by atoms with E-state index in [9.17, 15) is 9.90 Å². The molecule has 0 unspecified atom stereocenters. The van der Waals surface area contributed by atoms with Gasteiger partial charge in [-0.2, -0.15) is 0 Å². The molecule has 2 aromatic carbocycles. The van der Waals surface area contributed by atoms with Gasteiger partial charge in [-0.1, -0.05) is 18.2 Å². The van der Waals surface area contributed by atoms with Gasteiger partial charge in [-0.25, -0.2) is 0 Å². The Bertz CT molecular complexity index is 1130. The highest BCUT2D eigenvalue weighted by atomic mass is 16.3. The second kappa shape index (κ2) is 8.96. The molecule has 170 valence electrons. The molecule has 5 rings (SSSR count). The standard InChI is InChI=1S/C27H30N4O2/c1-30(2)27(33)20-5-3-19(4-6-20)21-7-8-24-23(15-21)26-22(25(17-32)29-24)11-14-31(26)16-18-9-12-28-13-10-18/h3-10,12-13,15,22,25-26,29,32H,11,14,16-17H2,1-2H3/t22-,25-,26-/m1/s1. The number of rotatable bonds is 5. The normalized spacial score (nSPS) is 21.7. The molecule has 3 atom stereocenters. The van der Waals surface area contributed by atoms with Crippen LogP contribution in [0, 0.1) is 5.92 Å². The van der Waals surface area contributed by atoms with Crippen LogP contribution < -0.4 is 5.32 Å². The number of amides is 1. The third kappa shape index (κ3) is 4.12. The summed E-state index contributed by atoms with van der Waals surface area (Å²) in [6.07, 6.45) is 4.75. The summed E-state index contributed by atoms with van der Waals surface area (Å²) in [7, 11) is 3.53. The van der Waals surface area contributed by atoms with Gasteiger partial charge in [0.05, 0.1) is 12.6 Å². The Morgan fingerprint density at radius 3 is 2.52 bits per heavy atom. The average molecular weight is 443 g/mol. The van der Waals surface area contributed by atoms with Crippen LogP contribution in [0.25, 0.3) is 11.1 Å². The molecule has 2 N–H and O–H groups in total. The van der Waals surface area contributed by atoms with Crippen molar-refractivity contribution in [1.82, 2.24) is 14.8 Å². The first-order chi connectivity index (χ1) is 16.0. The fourth-order valence-corrected chi connectivity index (χ4v) is 5.30. The molecule has 3 aromatic rings. The SMILES string of the molecule is CN(C)C(=O)c1ccc(-c2ccc3c(c2)[C@H]2[C@H](CCN2Cc2ccncc2)[C@@H](CO)N3)cc1. The van der Waals surface area contributed by atoms with Gasteiger partial charge >= 0.3 is 0 Å². The van der Waals surface area contributed by atoms with Crippen LogP contribution >= 0.6 is 0 Å². The number of pyridine rings is 1. The van der Waals surface area contributed by atoms with E-state index in [0.717, 1.165) is 36.3 Å². The van der Waals surface area contributed by atoms with Gasteiger partial charge in [-0.3, -0.25) is 14.7 Å². The van der Waals surface area contributed by atoms with Crippen molar-refractivity contribution in [3.63, 3.8) is 0 Å². The van der Waals surface area contributed by atoms with Crippen LogP contribution in [0.4, 0.5) is 5.69 Å². The summed E-state index contributed by atoms with van der Waals surface area (Å²) in [5, 5.41) is 13.6. The first-order valence-corrected chi connectivity index (χ1v) is 11.5. The van der Waals surface area contributed by atoms with Gasteiger partial charge in [0, 0.05) is 56.2 Å². The molecule has 1 saturated heterocycles. The number of fused-ring (bicyclic) bond motifs is 3. The zero-order chi connectivity index (χ0) is 22.9. The Kier molecular flexibility index (Phi) is 5.87. The minimum atomic E-state index is 0.00628. The van der Waals surface area contributed by atoms with Crippen LogP contribution in [0.1, 0.15) is 33.9 Å². The molecule has 2 aliphatic heterocycles. The van der Waals surface area contributed by atoms with Crippen LogP contribution in [0.15, 0.2) is 67.0 Å². The Labute approximate surface area is 194 Å². The van der Waals surface area contributed by atoms with Crippen molar-refractivity contribution >= 4 is 11.6 Å². The van der Waals surface area contributed by atoms with E-state index in [-0.39, 0.29) is 24.6 Å². The number of aromatic nitrogens is 1. The van der Waals surface area contributed by atoms with Gasteiger partial charge in [0.1, 0.15) is 0 Å². The smallest absolute Gasteiger partial charge is 0.253 e. The van der Waals surface area contributed by atoms with Crippen LogP contribution in [-0.2, 0) is 6.54 Å². The van der Waals surface area contributed by atoms with Crippen LogP contribution in [0.2, 0.25) is 0 Å². The van der Waals surface area contributed by atoms with E-state index >= 15 is 0 Å². The molecule has 0 aliphatic carbocycles. The van der Waals surface area contributed by atoms with Crippen molar-refractivity contribution < 1.29 is 9.90 Å². The fourth-order valence-electron chi connectivity index (χ4n) is 5.30. The highest BCUT2D eigenvalue weighted by Crippen LogP contribution is 2.47. The molecule has 1 fully saturated rings. The lowest BCUT2D eigenvalue weighted by atomic mass is 9.82. The van der Waals surface area contributed by atoms with Gasteiger partial charge < -0.3 is 15.3 Å². The van der Waals surface area contributed by atoms with E-state index in [2.05, 4.69) is 45.5 Å². The van der Waals surface area contributed by atoms with E-state index in [1.54, 1.807) is 19.0 Å². The number of nitrogens with one attached hydrogen (secondary N) is 1. The molecule has 3 heterocycles. The molecule has 6 nitrogen and oxygen atoms in total. The largest absolute Gasteiger partial charge is 0.394 e. The highest BCUT2D eigenvalue weighted by Gasteiger charge is 2.43. The van der Waals surface area contributed by atoms with Crippen molar-refractivity contribution in [3.05, 3.63) is 83.7 Å². The van der Waals surface area contributed by atoms with Crippen molar-refractivity contribution in [3.8, 4) is 11.1 Å². The predicted octanol–water partition coefficient (Wildman–Crippen LogP) is 3.80. The van der Waals surface area contributed by atoms with E-state index in [1.165, 1.54) is 11.1 Å². The Balaban J connectivity index is 1.48. The maximum absolute atomic E-state index is 12.2.